The number of hydrogen-bond donors (Lipinski definition) is 0. The van der Waals surface area contributed by atoms with Crippen LogP contribution in [0.4, 0.5) is 0 Å². The van der Waals surface area contributed by atoms with Crippen LogP contribution < -0.4 is 0 Å². The lowest BCUT2D eigenvalue weighted by molar-refractivity contribution is -0.140. The molecule has 0 rings (SSSR count). The van der Waals surface area contributed by atoms with Crippen LogP contribution in [0.15, 0.2) is 12.2 Å². The zero-order valence-corrected chi connectivity index (χ0v) is 39.7. The van der Waals surface area contributed by atoms with Crippen LogP contribution in [0.25, 0.3) is 0 Å². The molecule has 0 fully saturated rings. The molecule has 0 aromatic rings. The summed E-state index contributed by atoms with van der Waals surface area (Å²) in [4.78, 5) is 23.9. The van der Waals surface area contributed by atoms with Gasteiger partial charge < -0.3 is 9.47 Å². The molecule has 0 heterocycles. The van der Waals surface area contributed by atoms with Gasteiger partial charge in [-0.05, 0) is 12.8 Å². The van der Waals surface area contributed by atoms with E-state index in [0.29, 0.717) is 13.2 Å². The van der Waals surface area contributed by atoms with Crippen LogP contribution in [-0.2, 0) is 19.1 Å². The highest BCUT2D eigenvalue weighted by molar-refractivity contribution is 5.91. The maximum atomic E-state index is 11.9. The molecule has 0 radical (unpaired) electrons. The smallest absolute Gasteiger partial charge is 0.331 e. The Kier molecular flexibility index (Phi) is 50.6. The maximum Gasteiger partial charge on any atom is 0.331 e. The predicted molar refractivity (Wildman–Crippen MR) is 255 cm³/mol. The first-order valence-corrected chi connectivity index (χ1v) is 26.7. The van der Waals surface area contributed by atoms with Crippen molar-refractivity contribution in [1.82, 2.24) is 0 Å². The molecule has 4 heteroatoms. The molecule has 0 unspecified atom stereocenters. The van der Waals surface area contributed by atoms with Crippen LogP contribution in [0.5, 0.6) is 0 Å². The van der Waals surface area contributed by atoms with Crippen molar-refractivity contribution in [2.75, 3.05) is 13.2 Å². The van der Waals surface area contributed by atoms with E-state index < -0.39 is 11.9 Å². The van der Waals surface area contributed by atoms with Crippen LogP contribution >= 0.6 is 0 Å². The molecule has 0 aliphatic heterocycles. The lowest BCUT2D eigenvalue weighted by Gasteiger charge is -2.05. The van der Waals surface area contributed by atoms with Gasteiger partial charge in [0, 0.05) is 12.2 Å². The third-order valence-electron chi connectivity index (χ3n) is 12.3. The average Bonchev–Trinajstić information content (AvgIpc) is 3.23. The Morgan fingerprint density at radius 1 is 0.241 bits per heavy atom. The first kappa shape index (κ1) is 56.7. The minimum Gasteiger partial charge on any atom is -0.463 e. The van der Waals surface area contributed by atoms with Crippen LogP contribution in [0.2, 0.25) is 0 Å². The van der Waals surface area contributed by atoms with E-state index in [9.17, 15) is 9.59 Å². The highest BCUT2D eigenvalue weighted by atomic mass is 16.5. The van der Waals surface area contributed by atoms with Crippen LogP contribution in [0.3, 0.4) is 0 Å². The van der Waals surface area contributed by atoms with Gasteiger partial charge in [0.2, 0.25) is 0 Å². The molecule has 0 aromatic heterocycles. The Morgan fingerprint density at radius 2 is 0.379 bits per heavy atom. The topological polar surface area (TPSA) is 52.6 Å². The molecule has 0 aromatic carbocycles. The van der Waals surface area contributed by atoms with Crippen molar-refractivity contribution in [3.8, 4) is 0 Å². The minimum atomic E-state index is -0.449. The lowest BCUT2D eigenvalue weighted by atomic mass is 10.0. The average molecular weight is 817 g/mol. The van der Waals surface area contributed by atoms with Gasteiger partial charge in [-0.25, -0.2) is 9.59 Å². The summed E-state index contributed by atoms with van der Waals surface area (Å²) in [6.07, 6.45) is 65.4. The zero-order chi connectivity index (χ0) is 41.9. The van der Waals surface area contributed by atoms with Crippen LogP contribution in [0, 0.1) is 0 Å². The number of unbranched alkanes of at least 4 members (excludes halogenated alkanes) is 44. The number of carbonyl (C=O) groups excluding carboxylic acids is 2. The van der Waals surface area contributed by atoms with E-state index in [0.717, 1.165) is 25.7 Å². The van der Waals surface area contributed by atoms with E-state index in [2.05, 4.69) is 13.8 Å². The first-order valence-electron chi connectivity index (χ1n) is 26.7. The SMILES string of the molecule is CCCCCCCCCCCCCCCCCCCCCCCCCOC(=O)/C=C\C(=O)OCCCCCCCCCCCCCCCCCCCCCCCCC. The molecule has 0 spiro atoms. The van der Waals surface area contributed by atoms with Crippen molar-refractivity contribution in [2.24, 2.45) is 0 Å². The van der Waals surface area contributed by atoms with Crippen molar-refractivity contribution in [3.63, 3.8) is 0 Å². The summed E-state index contributed by atoms with van der Waals surface area (Å²) < 4.78 is 10.5. The maximum absolute atomic E-state index is 11.9. The zero-order valence-electron chi connectivity index (χ0n) is 39.7. The van der Waals surface area contributed by atoms with Crippen LogP contribution in [0.1, 0.15) is 309 Å². The number of hydrogen-bond acceptors (Lipinski definition) is 4. The molecule has 0 atom stereocenters. The summed E-state index contributed by atoms with van der Waals surface area (Å²) in [6.45, 7) is 5.45. The van der Waals surface area contributed by atoms with Gasteiger partial charge in [-0.3, -0.25) is 0 Å². The van der Waals surface area contributed by atoms with Gasteiger partial charge in [0.1, 0.15) is 0 Å². The van der Waals surface area contributed by atoms with Crippen molar-refractivity contribution in [2.45, 2.75) is 309 Å². The number of carbonyl (C=O) groups is 2. The second-order valence-corrected chi connectivity index (χ2v) is 18.2. The standard InChI is InChI=1S/C54H104O4/c1-3-5-7-9-11-13-15-17-19-21-23-25-27-29-31-33-35-37-39-41-43-45-47-51-57-53(55)49-50-54(56)58-52-48-46-44-42-40-38-36-34-32-30-28-26-24-22-20-18-16-14-12-10-8-6-4-2/h49-50H,3-48,51-52H2,1-2H3/b50-49-. The largest absolute Gasteiger partial charge is 0.463 e. The third kappa shape index (κ3) is 50.8. The number of ether oxygens (including phenoxy) is 2. The quantitative estimate of drug-likeness (QED) is 0.0349. The van der Waals surface area contributed by atoms with E-state index in [4.69, 9.17) is 9.47 Å². The van der Waals surface area contributed by atoms with E-state index in [1.54, 1.807) is 0 Å². The second-order valence-electron chi connectivity index (χ2n) is 18.2. The fourth-order valence-electron chi connectivity index (χ4n) is 8.35. The predicted octanol–water partition coefficient (Wildman–Crippen LogP) is 18.6. The molecule has 0 aliphatic carbocycles. The fourth-order valence-corrected chi connectivity index (χ4v) is 8.35. The van der Waals surface area contributed by atoms with E-state index in [1.807, 2.05) is 0 Å². The molecule has 0 saturated carbocycles. The molecule has 58 heavy (non-hydrogen) atoms. The summed E-state index contributed by atoms with van der Waals surface area (Å²) in [5, 5.41) is 0. The van der Waals surface area contributed by atoms with E-state index in [1.165, 1.54) is 282 Å². The number of rotatable bonds is 50. The summed E-state index contributed by atoms with van der Waals surface area (Å²) in [5.41, 5.74) is 0. The Balaban J connectivity index is 3.28. The Morgan fingerprint density at radius 3 is 0.534 bits per heavy atom. The van der Waals surface area contributed by atoms with Crippen molar-refractivity contribution in [1.29, 1.82) is 0 Å². The first-order chi connectivity index (χ1) is 28.7. The minimum absolute atomic E-state index is 0.428. The molecule has 344 valence electrons. The Bertz CT molecular complexity index is 756. The Labute approximate surface area is 364 Å². The Hall–Kier alpha value is -1.32. The molecular weight excluding hydrogens is 713 g/mol. The molecule has 0 aliphatic rings. The summed E-state index contributed by atoms with van der Waals surface area (Å²) >= 11 is 0. The monoisotopic (exact) mass is 817 g/mol. The van der Waals surface area contributed by atoms with E-state index in [-0.39, 0.29) is 0 Å². The molecule has 0 saturated heterocycles. The summed E-state index contributed by atoms with van der Waals surface area (Å²) in [6, 6.07) is 0. The lowest BCUT2D eigenvalue weighted by Crippen LogP contribution is -2.06. The third-order valence-corrected chi connectivity index (χ3v) is 12.3. The van der Waals surface area contributed by atoms with Crippen LogP contribution in [-0.4, -0.2) is 25.2 Å². The van der Waals surface area contributed by atoms with Gasteiger partial charge >= 0.3 is 11.9 Å². The molecule has 0 bridgehead atoms. The normalized spacial score (nSPS) is 11.6. The van der Waals surface area contributed by atoms with Crippen molar-refractivity contribution in [3.05, 3.63) is 12.2 Å². The van der Waals surface area contributed by atoms with E-state index >= 15 is 0 Å². The van der Waals surface area contributed by atoms with Gasteiger partial charge in [0.25, 0.3) is 0 Å². The summed E-state index contributed by atoms with van der Waals surface area (Å²) in [7, 11) is 0. The highest BCUT2D eigenvalue weighted by Gasteiger charge is 2.03. The van der Waals surface area contributed by atoms with Gasteiger partial charge in [0.15, 0.2) is 0 Å². The molecule has 4 nitrogen and oxygen atoms in total. The highest BCUT2D eigenvalue weighted by Crippen LogP contribution is 2.17. The van der Waals surface area contributed by atoms with Crippen molar-refractivity contribution < 1.29 is 19.1 Å². The summed E-state index contributed by atoms with van der Waals surface area (Å²) in [5.74, 6) is -0.898. The fraction of sp³-hybridized carbons (Fsp3) is 0.926. The molecule has 0 N–H and O–H groups in total. The van der Waals surface area contributed by atoms with Gasteiger partial charge in [-0.2, -0.15) is 0 Å². The van der Waals surface area contributed by atoms with Gasteiger partial charge in [-0.1, -0.05) is 296 Å². The van der Waals surface area contributed by atoms with Gasteiger partial charge in [0.05, 0.1) is 13.2 Å². The number of esters is 2. The second kappa shape index (κ2) is 51.8. The molecule has 0 amide bonds. The molecular formula is C54H104O4. The van der Waals surface area contributed by atoms with Crippen molar-refractivity contribution >= 4 is 11.9 Å². The van der Waals surface area contributed by atoms with Gasteiger partial charge in [-0.15, -0.1) is 0 Å².